The van der Waals surface area contributed by atoms with Crippen LogP contribution >= 0.6 is 38.9 Å². The average molecular weight is 591 g/mol. The minimum atomic E-state index is -0.687. The highest BCUT2D eigenvalue weighted by Gasteiger charge is 2.27. The molecule has 5 N–H and O–H groups in total. The minimum Gasteiger partial charge on any atom is -0.383 e. The van der Waals surface area contributed by atoms with Crippen molar-refractivity contribution < 1.29 is 4.79 Å². The first-order valence-electron chi connectivity index (χ1n) is 11.1. The third-order valence-corrected chi connectivity index (χ3v) is 7.61. The molecular formula is C26H17BrClN7OS. The lowest BCUT2D eigenvalue weighted by atomic mass is 10.1. The first-order chi connectivity index (χ1) is 17.9. The van der Waals surface area contributed by atoms with E-state index < -0.39 is 5.91 Å². The van der Waals surface area contributed by atoms with Gasteiger partial charge in [0.1, 0.15) is 16.4 Å². The smallest absolute Gasteiger partial charge is 0.256 e. The molecule has 0 aliphatic carbocycles. The number of nitrogens with zero attached hydrogens (tertiary/aromatic N) is 4. The number of nitrogen functional groups attached to an aromatic ring is 1. The summed E-state index contributed by atoms with van der Waals surface area (Å²) < 4.78 is 3.53. The summed E-state index contributed by atoms with van der Waals surface area (Å²) in [7, 11) is 0. The summed E-state index contributed by atoms with van der Waals surface area (Å²) in [4.78, 5) is 22.0. The molecule has 0 aliphatic heterocycles. The van der Waals surface area contributed by atoms with Gasteiger partial charge in [0.25, 0.3) is 5.91 Å². The van der Waals surface area contributed by atoms with E-state index in [1.165, 1.54) is 11.3 Å². The molecule has 11 heteroatoms. The summed E-state index contributed by atoms with van der Waals surface area (Å²) in [5.41, 5.74) is 16.4. The Labute approximate surface area is 228 Å². The van der Waals surface area contributed by atoms with E-state index in [2.05, 4.69) is 26.2 Å². The van der Waals surface area contributed by atoms with Crippen LogP contribution in [0, 0.1) is 0 Å². The van der Waals surface area contributed by atoms with E-state index in [1.807, 2.05) is 48.5 Å². The zero-order valence-corrected chi connectivity index (χ0v) is 22.1. The molecule has 0 bridgehead atoms. The fraction of sp³-hybridized carbons (Fsp3) is 0. The van der Waals surface area contributed by atoms with Gasteiger partial charge in [0.05, 0.1) is 21.5 Å². The molecule has 1 amide bonds. The van der Waals surface area contributed by atoms with Gasteiger partial charge in [-0.2, -0.15) is 0 Å². The molecule has 0 unspecified atom stereocenters. The Morgan fingerprint density at radius 3 is 2.43 bits per heavy atom. The van der Waals surface area contributed by atoms with Crippen LogP contribution in [0.4, 0.5) is 17.3 Å². The fourth-order valence-corrected chi connectivity index (χ4v) is 5.53. The zero-order chi connectivity index (χ0) is 25.7. The Morgan fingerprint density at radius 1 is 1.00 bits per heavy atom. The van der Waals surface area contributed by atoms with E-state index in [9.17, 15) is 4.79 Å². The molecule has 3 aromatic heterocycles. The molecule has 182 valence electrons. The number of hydrogen-bond donors (Lipinski definition) is 3. The maximum absolute atomic E-state index is 12.6. The van der Waals surface area contributed by atoms with E-state index in [1.54, 1.807) is 28.8 Å². The lowest BCUT2D eigenvalue weighted by molar-refractivity contribution is 0.100. The number of hydrogen-bond acceptors (Lipinski definition) is 7. The monoisotopic (exact) mass is 589 g/mol. The summed E-state index contributed by atoms with van der Waals surface area (Å²) in [6.45, 7) is 0. The van der Waals surface area contributed by atoms with Crippen molar-refractivity contribution in [2.75, 3.05) is 11.1 Å². The van der Waals surface area contributed by atoms with Crippen molar-refractivity contribution >= 4 is 78.0 Å². The van der Waals surface area contributed by atoms with Gasteiger partial charge in [-0.3, -0.25) is 4.79 Å². The normalized spacial score (nSPS) is 11.3. The second-order valence-electron chi connectivity index (χ2n) is 8.17. The van der Waals surface area contributed by atoms with Crippen molar-refractivity contribution in [3.63, 3.8) is 0 Å². The number of carbonyl (C=O) groups is 1. The molecular weight excluding hydrogens is 574 g/mol. The molecule has 0 spiro atoms. The number of fused-ring (bicyclic) bond motifs is 2. The summed E-state index contributed by atoms with van der Waals surface area (Å²) in [5.74, 6) is -0.223. The highest BCUT2D eigenvalue weighted by Crippen LogP contribution is 2.41. The Bertz CT molecular complexity index is 1780. The number of thiazole rings is 1. The van der Waals surface area contributed by atoms with Crippen LogP contribution < -0.4 is 16.8 Å². The summed E-state index contributed by atoms with van der Waals surface area (Å²) in [5, 5.41) is 9.19. The average Bonchev–Trinajstić information content (AvgIpc) is 3.46. The lowest BCUT2D eigenvalue weighted by Crippen LogP contribution is -2.13. The molecule has 0 saturated carbocycles. The van der Waals surface area contributed by atoms with Crippen LogP contribution in [-0.4, -0.2) is 25.5 Å². The van der Waals surface area contributed by atoms with Gasteiger partial charge in [-0.05, 0) is 48.5 Å². The van der Waals surface area contributed by atoms with Crippen LogP contribution in [0.3, 0.4) is 0 Å². The number of amides is 1. The quantitative estimate of drug-likeness (QED) is 0.210. The van der Waals surface area contributed by atoms with E-state index in [4.69, 9.17) is 33.2 Å². The molecule has 0 aliphatic rings. The Kier molecular flexibility index (Phi) is 5.79. The standard InChI is InChI=1S/C26H17BrClN7OS/c27-14-7-5-13(6-8-14)21-19(26-32-17-3-1-2-4-18(17)37-26)22(29)33-25-20(23(30)36)24(34-35(21)25)31-16-11-9-15(28)10-12-16/h1-12H,(H2,29,33)(H2,30,36)(H,31,34). The molecule has 0 radical (unpaired) electrons. The Hall–Kier alpha value is -3.99. The second-order valence-corrected chi connectivity index (χ2v) is 10.6. The predicted octanol–water partition coefficient (Wildman–Crippen LogP) is 6.51. The van der Waals surface area contributed by atoms with E-state index in [-0.39, 0.29) is 22.8 Å². The summed E-state index contributed by atoms with van der Waals surface area (Å²) >= 11 is 11.0. The predicted molar refractivity (Wildman–Crippen MR) is 152 cm³/mol. The topological polar surface area (TPSA) is 124 Å². The van der Waals surface area contributed by atoms with E-state index in [0.717, 1.165) is 20.3 Å². The molecule has 37 heavy (non-hydrogen) atoms. The molecule has 3 aromatic carbocycles. The van der Waals surface area contributed by atoms with Crippen molar-refractivity contribution in [3.05, 3.63) is 87.9 Å². The zero-order valence-electron chi connectivity index (χ0n) is 18.9. The van der Waals surface area contributed by atoms with Gasteiger partial charge < -0.3 is 16.8 Å². The largest absolute Gasteiger partial charge is 0.383 e. The number of aromatic nitrogens is 4. The number of para-hydroxylation sites is 1. The maximum Gasteiger partial charge on any atom is 0.256 e. The first-order valence-corrected chi connectivity index (χ1v) is 13.0. The fourth-order valence-electron chi connectivity index (χ4n) is 4.11. The van der Waals surface area contributed by atoms with Gasteiger partial charge >= 0.3 is 0 Å². The van der Waals surface area contributed by atoms with Gasteiger partial charge in [0.15, 0.2) is 11.5 Å². The number of anilines is 3. The summed E-state index contributed by atoms with van der Waals surface area (Å²) in [6, 6.07) is 22.6. The number of nitrogens with two attached hydrogens (primary N) is 2. The van der Waals surface area contributed by atoms with Crippen LogP contribution in [0.5, 0.6) is 0 Å². The Morgan fingerprint density at radius 2 is 1.73 bits per heavy atom. The third-order valence-electron chi connectivity index (χ3n) is 5.77. The number of primary amides is 1. The first kappa shape index (κ1) is 23.4. The van der Waals surface area contributed by atoms with Gasteiger partial charge in [-0.25, -0.2) is 14.5 Å². The second kappa shape index (κ2) is 9.15. The van der Waals surface area contributed by atoms with Crippen molar-refractivity contribution in [2.24, 2.45) is 5.73 Å². The maximum atomic E-state index is 12.6. The van der Waals surface area contributed by atoms with Crippen molar-refractivity contribution in [1.82, 2.24) is 19.6 Å². The Balaban J connectivity index is 1.66. The lowest BCUT2D eigenvalue weighted by Gasteiger charge is -2.12. The van der Waals surface area contributed by atoms with Gasteiger partial charge in [-0.1, -0.05) is 51.8 Å². The van der Waals surface area contributed by atoms with Crippen LogP contribution in [0.1, 0.15) is 10.4 Å². The highest BCUT2D eigenvalue weighted by atomic mass is 79.9. The SMILES string of the molecule is NC(=O)c1c(Nc2ccc(Cl)cc2)nn2c(-c3ccc(Br)cc3)c(-c3nc4ccccc4s3)c(N)nc12. The number of benzene rings is 3. The molecule has 6 aromatic rings. The molecule has 3 heterocycles. The number of nitrogens with one attached hydrogen (secondary N) is 1. The van der Waals surface area contributed by atoms with Crippen molar-refractivity contribution in [3.8, 4) is 21.8 Å². The van der Waals surface area contributed by atoms with Gasteiger partial charge in [0, 0.05) is 20.7 Å². The molecule has 0 fully saturated rings. The van der Waals surface area contributed by atoms with Gasteiger partial charge in [-0.15, -0.1) is 16.4 Å². The molecule has 0 saturated heterocycles. The number of rotatable bonds is 5. The molecule has 6 rings (SSSR count). The third kappa shape index (κ3) is 4.18. The van der Waals surface area contributed by atoms with Gasteiger partial charge in [0.2, 0.25) is 0 Å². The van der Waals surface area contributed by atoms with E-state index in [0.29, 0.717) is 27.0 Å². The summed E-state index contributed by atoms with van der Waals surface area (Å²) in [6.07, 6.45) is 0. The van der Waals surface area contributed by atoms with E-state index >= 15 is 0 Å². The minimum absolute atomic E-state index is 0.121. The van der Waals surface area contributed by atoms with Crippen LogP contribution in [-0.2, 0) is 0 Å². The van der Waals surface area contributed by atoms with Crippen molar-refractivity contribution in [2.45, 2.75) is 0 Å². The van der Waals surface area contributed by atoms with Crippen LogP contribution in [0.15, 0.2) is 77.3 Å². The molecule has 0 atom stereocenters. The highest BCUT2D eigenvalue weighted by molar-refractivity contribution is 9.10. The number of halogens is 2. The molecule has 8 nitrogen and oxygen atoms in total. The van der Waals surface area contributed by atoms with Crippen molar-refractivity contribution in [1.29, 1.82) is 0 Å². The van der Waals surface area contributed by atoms with Crippen LogP contribution in [0.25, 0.3) is 37.7 Å². The van der Waals surface area contributed by atoms with Crippen LogP contribution in [0.2, 0.25) is 5.02 Å². The number of carbonyl (C=O) groups excluding carboxylic acids is 1.